The van der Waals surface area contributed by atoms with Crippen molar-refractivity contribution in [3.8, 4) is 0 Å². The van der Waals surface area contributed by atoms with E-state index in [4.69, 9.17) is 23.2 Å². The third-order valence-corrected chi connectivity index (χ3v) is 5.05. The van der Waals surface area contributed by atoms with Crippen molar-refractivity contribution in [2.45, 2.75) is 11.4 Å². The van der Waals surface area contributed by atoms with Crippen molar-refractivity contribution in [3.63, 3.8) is 0 Å². The van der Waals surface area contributed by atoms with Gasteiger partial charge in [0.05, 0.1) is 5.02 Å². The van der Waals surface area contributed by atoms with Gasteiger partial charge in [0.15, 0.2) is 0 Å². The molecule has 0 bridgehead atoms. The lowest BCUT2D eigenvalue weighted by molar-refractivity contribution is 0.412. The molecule has 0 unspecified atom stereocenters. The molecule has 1 aromatic rings. The topological polar surface area (TPSA) is 61.4 Å². The average Bonchev–Trinajstić information content (AvgIpc) is 2.33. The number of halogens is 2. The lowest BCUT2D eigenvalue weighted by Crippen LogP contribution is -2.31. The minimum atomic E-state index is -3.64. The summed E-state index contributed by atoms with van der Waals surface area (Å²) >= 11 is 12.2. The fourth-order valence-electron chi connectivity index (χ4n) is 1.60. The zero-order chi connectivity index (χ0) is 15.3. The molecule has 8 heteroatoms. The lowest BCUT2D eigenvalue weighted by Gasteiger charge is -2.14. The molecule has 0 saturated carbocycles. The number of nitrogens with zero attached hydrogens (tertiary/aromatic N) is 1. The maximum Gasteiger partial charge on any atom is 0.242 e. The maximum atomic E-state index is 12.2. The maximum absolute atomic E-state index is 12.2. The van der Waals surface area contributed by atoms with Crippen molar-refractivity contribution in [3.05, 3.63) is 27.7 Å². The number of sulfonamides is 1. The smallest absolute Gasteiger partial charge is 0.242 e. The highest BCUT2D eigenvalue weighted by Crippen LogP contribution is 2.30. The average molecular weight is 340 g/mol. The first-order chi connectivity index (χ1) is 9.29. The molecule has 0 amide bonds. The zero-order valence-electron chi connectivity index (χ0n) is 11.7. The predicted molar refractivity (Wildman–Crippen MR) is 83.0 cm³/mol. The molecule has 0 fully saturated rings. The van der Waals surface area contributed by atoms with Crippen LogP contribution in [0.15, 0.2) is 17.0 Å². The summed E-state index contributed by atoms with van der Waals surface area (Å²) in [4.78, 5) is 1.94. The van der Waals surface area contributed by atoms with Crippen LogP contribution in [0, 0.1) is 0 Å². The fourth-order valence-corrected chi connectivity index (χ4v) is 3.53. The van der Waals surface area contributed by atoms with E-state index in [9.17, 15) is 8.42 Å². The van der Waals surface area contributed by atoms with E-state index < -0.39 is 10.0 Å². The van der Waals surface area contributed by atoms with Crippen LogP contribution in [0.4, 0.5) is 0 Å². The van der Waals surface area contributed by atoms with Gasteiger partial charge in [-0.1, -0.05) is 23.2 Å². The monoisotopic (exact) mass is 339 g/mol. The van der Waals surface area contributed by atoms with Gasteiger partial charge >= 0.3 is 0 Å². The minimum absolute atomic E-state index is 0.0487. The number of hydrogen-bond donors (Lipinski definition) is 2. The van der Waals surface area contributed by atoms with Gasteiger partial charge in [-0.25, -0.2) is 13.1 Å². The van der Waals surface area contributed by atoms with Crippen molar-refractivity contribution in [1.82, 2.24) is 14.9 Å². The standard InChI is InChI=1S/C12H19Cl2N3O2S/c1-15-8-9-10(13)4-5-11(12(9)14)20(18,19)16-6-7-17(2)3/h4-5,15-16H,6-8H2,1-3H3. The molecular weight excluding hydrogens is 321 g/mol. The van der Waals surface area contributed by atoms with Gasteiger partial charge in [0.25, 0.3) is 0 Å². The number of likely N-dealkylation sites (N-methyl/N-ethyl adjacent to an activating group) is 1. The molecule has 0 aliphatic carbocycles. The molecule has 0 radical (unpaired) electrons. The van der Waals surface area contributed by atoms with Crippen LogP contribution in [0.1, 0.15) is 5.56 Å². The summed E-state index contributed by atoms with van der Waals surface area (Å²) in [7, 11) is 1.84. The number of hydrogen-bond acceptors (Lipinski definition) is 4. The Morgan fingerprint density at radius 3 is 2.45 bits per heavy atom. The van der Waals surface area contributed by atoms with Gasteiger partial charge in [0.1, 0.15) is 4.90 Å². The summed E-state index contributed by atoms with van der Waals surface area (Å²) in [6.07, 6.45) is 0. The van der Waals surface area contributed by atoms with Gasteiger partial charge in [-0.2, -0.15) is 0 Å². The second-order valence-electron chi connectivity index (χ2n) is 4.57. The molecule has 5 nitrogen and oxygen atoms in total. The fraction of sp³-hybridized carbons (Fsp3) is 0.500. The Bertz CT molecular complexity index is 562. The van der Waals surface area contributed by atoms with Gasteiger partial charge < -0.3 is 10.2 Å². The molecule has 0 saturated heterocycles. The molecule has 0 spiro atoms. The quantitative estimate of drug-likeness (QED) is 0.791. The first-order valence-corrected chi connectivity index (χ1v) is 8.29. The molecule has 2 N–H and O–H groups in total. The Balaban J connectivity index is 3.03. The Labute approximate surface area is 130 Å². The van der Waals surface area contributed by atoms with Gasteiger partial charge in [0.2, 0.25) is 10.0 Å². The summed E-state index contributed by atoms with van der Waals surface area (Å²) < 4.78 is 27.0. The van der Waals surface area contributed by atoms with Crippen LogP contribution in [-0.2, 0) is 16.6 Å². The molecule has 0 aliphatic heterocycles. The van der Waals surface area contributed by atoms with Crippen LogP contribution in [0.5, 0.6) is 0 Å². The van der Waals surface area contributed by atoms with Crippen molar-refractivity contribution in [1.29, 1.82) is 0 Å². The molecule has 0 heterocycles. The van der Waals surface area contributed by atoms with E-state index in [0.29, 0.717) is 30.2 Å². The summed E-state index contributed by atoms with van der Waals surface area (Å²) in [6.45, 7) is 1.32. The van der Waals surface area contributed by atoms with E-state index in [1.165, 1.54) is 6.07 Å². The molecule has 0 aliphatic rings. The van der Waals surface area contributed by atoms with Crippen LogP contribution in [-0.4, -0.2) is 47.6 Å². The summed E-state index contributed by atoms with van der Waals surface area (Å²) in [5.74, 6) is 0. The normalized spacial score (nSPS) is 12.1. The van der Waals surface area contributed by atoms with E-state index in [0.717, 1.165) is 0 Å². The second-order valence-corrected chi connectivity index (χ2v) is 7.09. The number of benzene rings is 1. The minimum Gasteiger partial charge on any atom is -0.316 e. The number of nitrogens with one attached hydrogen (secondary N) is 2. The third-order valence-electron chi connectivity index (χ3n) is 2.64. The van der Waals surface area contributed by atoms with Crippen molar-refractivity contribution < 1.29 is 8.42 Å². The van der Waals surface area contributed by atoms with Crippen LogP contribution in [0.2, 0.25) is 10.0 Å². The van der Waals surface area contributed by atoms with Crippen LogP contribution < -0.4 is 10.0 Å². The van der Waals surface area contributed by atoms with Crippen molar-refractivity contribution in [2.75, 3.05) is 34.2 Å². The lowest BCUT2D eigenvalue weighted by atomic mass is 10.2. The molecule has 114 valence electrons. The van der Waals surface area contributed by atoms with Gasteiger partial charge in [0, 0.05) is 30.2 Å². The van der Waals surface area contributed by atoms with Crippen molar-refractivity contribution in [2.24, 2.45) is 0 Å². The Morgan fingerprint density at radius 2 is 1.90 bits per heavy atom. The molecule has 0 aromatic heterocycles. The summed E-state index contributed by atoms with van der Waals surface area (Å²) in [6, 6.07) is 2.96. The highest BCUT2D eigenvalue weighted by molar-refractivity contribution is 7.89. The van der Waals surface area contributed by atoms with Crippen LogP contribution in [0.25, 0.3) is 0 Å². The second kappa shape index (κ2) is 7.59. The highest BCUT2D eigenvalue weighted by atomic mass is 35.5. The summed E-state index contributed by atoms with van der Waals surface area (Å²) in [5.41, 5.74) is 0.575. The van der Waals surface area contributed by atoms with Crippen LogP contribution in [0.3, 0.4) is 0 Å². The first-order valence-electron chi connectivity index (χ1n) is 6.05. The van der Waals surface area contributed by atoms with E-state index in [1.54, 1.807) is 13.1 Å². The van der Waals surface area contributed by atoms with E-state index in [-0.39, 0.29) is 9.92 Å². The van der Waals surface area contributed by atoms with E-state index >= 15 is 0 Å². The van der Waals surface area contributed by atoms with Gasteiger partial charge in [-0.3, -0.25) is 0 Å². The molecular formula is C12H19Cl2N3O2S. The Morgan fingerprint density at radius 1 is 1.25 bits per heavy atom. The van der Waals surface area contributed by atoms with Gasteiger partial charge in [-0.05, 0) is 33.3 Å². The Kier molecular flexibility index (Phi) is 6.71. The highest BCUT2D eigenvalue weighted by Gasteiger charge is 2.21. The number of rotatable bonds is 7. The Hall–Kier alpha value is -0.370. The van der Waals surface area contributed by atoms with E-state index in [2.05, 4.69) is 10.0 Å². The van der Waals surface area contributed by atoms with Crippen LogP contribution >= 0.6 is 23.2 Å². The molecule has 0 atom stereocenters. The molecule has 20 heavy (non-hydrogen) atoms. The van der Waals surface area contributed by atoms with Gasteiger partial charge in [-0.15, -0.1) is 0 Å². The molecule has 1 rings (SSSR count). The third kappa shape index (κ3) is 4.58. The van der Waals surface area contributed by atoms with E-state index in [1.807, 2.05) is 19.0 Å². The zero-order valence-corrected chi connectivity index (χ0v) is 14.0. The SMILES string of the molecule is CNCc1c(Cl)ccc(S(=O)(=O)NCCN(C)C)c1Cl. The summed E-state index contributed by atoms with van der Waals surface area (Å²) in [5, 5.41) is 3.51. The molecule has 1 aromatic carbocycles. The largest absolute Gasteiger partial charge is 0.316 e. The first kappa shape index (κ1) is 17.7. The van der Waals surface area contributed by atoms with Crippen molar-refractivity contribution >= 4 is 33.2 Å². The predicted octanol–water partition coefficient (Wildman–Crippen LogP) is 1.55.